The fourth-order valence-corrected chi connectivity index (χ4v) is 3.45. The second-order valence-electron chi connectivity index (χ2n) is 6.48. The lowest BCUT2D eigenvalue weighted by Gasteiger charge is -2.47. The van der Waals surface area contributed by atoms with Crippen molar-refractivity contribution in [3.05, 3.63) is 35.6 Å². The summed E-state index contributed by atoms with van der Waals surface area (Å²) in [5, 5.41) is 6.60. The predicted molar refractivity (Wildman–Crippen MR) is 111 cm³/mol. The molecule has 2 bridgehead atoms. The molecule has 0 aromatic heterocycles. The Morgan fingerprint density at radius 2 is 1.96 bits per heavy atom. The molecule has 3 heterocycles. The van der Waals surface area contributed by atoms with Crippen molar-refractivity contribution in [1.82, 2.24) is 20.4 Å². The van der Waals surface area contributed by atoms with Gasteiger partial charge in [-0.05, 0) is 25.0 Å². The lowest BCUT2D eigenvalue weighted by molar-refractivity contribution is 0.0174. The highest BCUT2D eigenvalue weighted by atomic mass is 127. The monoisotopic (exact) mass is 461 g/mol. The first kappa shape index (κ1) is 20.4. The van der Waals surface area contributed by atoms with Gasteiger partial charge in [-0.2, -0.15) is 0 Å². The van der Waals surface area contributed by atoms with E-state index in [2.05, 4.69) is 27.4 Å². The molecule has 3 aliphatic heterocycles. The summed E-state index contributed by atoms with van der Waals surface area (Å²) in [7, 11) is 0. The molecule has 7 heteroatoms. The molecular weight excluding hydrogens is 432 g/mol. The van der Waals surface area contributed by atoms with Gasteiger partial charge in [-0.15, -0.1) is 24.0 Å². The number of hydrogen-bond acceptors (Lipinski definition) is 3. The summed E-state index contributed by atoms with van der Waals surface area (Å²) < 4.78 is 13.7. The number of guanidine groups is 1. The van der Waals surface area contributed by atoms with Gasteiger partial charge in [0.2, 0.25) is 0 Å². The van der Waals surface area contributed by atoms with E-state index in [0.717, 1.165) is 44.2 Å². The van der Waals surface area contributed by atoms with Gasteiger partial charge in [-0.25, -0.2) is 4.39 Å². The third kappa shape index (κ3) is 5.79. The smallest absolute Gasteiger partial charge is 0.191 e. The highest BCUT2D eigenvalue weighted by Crippen LogP contribution is 2.15. The molecule has 25 heavy (non-hydrogen) atoms. The minimum atomic E-state index is -0.138. The second-order valence-corrected chi connectivity index (χ2v) is 6.48. The number of piperazine rings is 3. The zero-order valence-corrected chi connectivity index (χ0v) is 17.2. The van der Waals surface area contributed by atoms with Crippen LogP contribution in [0.5, 0.6) is 0 Å². The van der Waals surface area contributed by atoms with E-state index < -0.39 is 0 Å². The number of nitrogens with zero attached hydrogens (tertiary/aromatic N) is 3. The summed E-state index contributed by atoms with van der Waals surface area (Å²) in [6.45, 7) is 10.2. The molecule has 0 amide bonds. The molecule has 5 nitrogen and oxygen atoms in total. The van der Waals surface area contributed by atoms with Crippen molar-refractivity contribution in [1.29, 1.82) is 0 Å². The van der Waals surface area contributed by atoms with Crippen LogP contribution in [0.2, 0.25) is 0 Å². The molecule has 3 aliphatic rings. The van der Waals surface area contributed by atoms with Gasteiger partial charge in [0.15, 0.2) is 5.96 Å². The molecule has 0 radical (unpaired) electrons. The normalized spacial score (nSPS) is 25.4. The molecule has 140 valence electrons. The Labute approximate surface area is 167 Å². The van der Waals surface area contributed by atoms with Crippen LogP contribution in [-0.2, 0) is 6.42 Å². The number of nitrogens with one attached hydrogen (secondary N) is 2. The van der Waals surface area contributed by atoms with E-state index in [9.17, 15) is 4.39 Å². The fourth-order valence-electron chi connectivity index (χ4n) is 3.45. The summed E-state index contributed by atoms with van der Waals surface area (Å²) >= 11 is 0. The van der Waals surface area contributed by atoms with Gasteiger partial charge < -0.3 is 10.6 Å². The number of benzene rings is 1. The van der Waals surface area contributed by atoms with Crippen LogP contribution in [0.15, 0.2) is 29.3 Å². The summed E-state index contributed by atoms with van der Waals surface area (Å²) in [5.74, 6) is 0.688. The molecule has 0 saturated carbocycles. The van der Waals surface area contributed by atoms with Crippen LogP contribution in [0, 0.1) is 5.82 Å². The van der Waals surface area contributed by atoms with Crippen LogP contribution in [-0.4, -0.2) is 74.2 Å². The van der Waals surface area contributed by atoms with Gasteiger partial charge in [-0.3, -0.25) is 14.8 Å². The topological polar surface area (TPSA) is 42.9 Å². The van der Waals surface area contributed by atoms with Crippen LogP contribution in [0.1, 0.15) is 12.5 Å². The second kappa shape index (κ2) is 10.3. The number of fused-ring (bicyclic) bond motifs is 3. The highest BCUT2D eigenvalue weighted by molar-refractivity contribution is 14.0. The highest BCUT2D eigenvalue weighted by Gasteiger charge is 2.31. The van der Waals surface area contributed by atoms with Gasteiger partial charge in [-0.1, -0.05) is 18.2 Å². The van der Waals surface area contributed by atoms with Crippen molar-refractivity contribution in [2.45, 2.75) is 19.4 Å². The van der Waals surface area contributed by atoms with Gasteiger partial charge in [0.25, 0.3) is 0 Å². The number of halogens is 2. The standard InChI is InChI=1S/C18H28FN5.HI/c1-2-20-18(21-8-7-15-5-3-4-6-17(15)19)22-13-16-14-23-9-11-24(16)12-10-23;/h3-6,16H,2,7-14H2,1H3,(H2,20,21,22);1H. The first-order chi connectivity index (χ1) is 11.8. The quantitative estimate of drug-likeness (QED) is 0.384. The Morgan fingerprint density at radius 3 is 2.60 bits per heavy atom. The fraction of sp³-hybridized carbons (Fsp3) is 0.611. The van der Waals surface area contributed by atoms with E-state index in [-0.39, 0.29) is 29.8 Å². The summed E-state index contributed by atoms with van der Waals surface area (Å²) in [6.07, 6.45) is 0.653. The summed E-state index contributed by atoms with van der Waals surface area (Å²) in [5.41, 5.74) is 0.740. The Hall–Kier alpha value is -0.930. The molecule has 2 N–H and O–H groups in total. The van der Waals surface area contributed by atoms with E-state index in [4.69, 9.17) is 4.99 Å². The summed E-state index contributed by atoms with van der Waals surface area (Å²) in [4.78, 5) is 9.82. The van der Waals surface area contributed by atoms with Crippen molar-refractivity contribution < 1.29 is 4.39 Å². The Kier molecular flexibility index (Phi) is 8.38. The third-order valence-electron chi connectivity index (χ3n) is 4.84. The molecule has 0 spiro atoms. The lowest BCUT2D eigenvalue weighted by atomic mass is 10.1. The maximum Gasteiger partial charge on any atom is 0.191 e. The van der Waals surface area contributed by atoms with Gasteiger partial charge in [0.05, 0.1) is 6.54 Å². The molecular formula is C18H29FIN5. The Balaban J connectivity index is 0.00000225. The predicted octanol–water partition coefficient (Wildman–Crippen LogP) is 1.54. The maximum absolute atomic E-state index is 13.7. The Bertz CT molecular complexity index is 560. The van der Waals surface area contributed by atoms with E-state index >= 15 is 0 Å². The first-order valence-corrected chi connectivity index (χ1v) is 8.98. The number of hydrogen-bond donors (Lipinski definition) is 2. The van der Waals surface area contributed by atoms with Crippen molar-refractivity contribution in [2.24, 2.45) is 4.99 Å². The maximum atomic E-state index is 13.7. The zero-order chi connectivity index (χ0) is 16.8. The van der Waals surface area contributed by atoms with E-state index in [1.54, 1.807) is 6.07 Å². The average molecular weight is 461 g/mol. The van der Waals surface area contributed by atoms with Crippen LogP contribution >= 0.6 is 24.0 Å². The lowest BCUT2D eigenvalue weighted by Crippen LogP contribution is -2.62. The van der Waals surface area contributed by atoms with Gasteiger partial charge in [0, 0.05) is 51.9 Å². The minimum absolute atomic E-state index is 0. The molecule has 3 saturated heterocycles. The molecule has 1 unspecified atom stereocenters. The molecule has 1 aromatic carbocycles. The van der Waals surface area contributed by atoms with Crippen molar-refractivity contribution in [3.63, 3.8) is 0 Å². The van der Waals surface area contributed by atoms with E-state index in [1.807, 2.05) is 12.1 Å². The first-order valence-electron chi connectivity index (χ1n) is 8.98. The summed E-state index contributed by atoms with van der Waals surface area (Å²) in [6, 6.07) is 7.47. The van der Waals surface area contributed by atoms with E-state index in [1.165, 1.54) is 19.2 Å². The zero-order valence-electron chi connectivity index (χ0n) is 14.9. The average Bonchev–Trinajstić information content (AvgIpc) is 2.62. The van der Waals surface area contributed by atoms with Crippen LogP contribution in [0.4, 0.5) is 4.39 Å². The van der Waals surface area contributed by atoms with Gasteiger partial charge >= 0.3 is 0 Å². The van der Waals surface area contributed by atoms with Crippen molar-refractivity contribution in [3.8, 4) is 0 Å². The van der Waals surface area contributed by atoms with Crippen molar-refractivity contribution in [2.75, 3.05) is 52.4 Å². The Morgan fingerprint density at radius 1 is 1.20 bits per heavy atom. The van der Waals surface area contributed by atoms with E-state index in [0.29, 0.717) is 19.0 Å². The molecule has 3 fully saturated rings. The SMILES string of the molecule is CCNC(=NCC1CN2CCN1CC2)NCCc1ccccc1F.I. The van der Waals surface area contributed by atoms with Crippen LogP contribution in [0.3, 0.4) is 0 Å². The minimum Gasteiger partial charge on any atom is -0.357 e. The van der Waals surface area contributed by atoms with Crippen LogP contribution in [0.25, 0.3) is 0 Å². The van der Waals surface area contributed by atoms with Crippen LogP contribution < -0.4 is 10.6 Å². The molecule has 1 atom stereocenters. The third-order valence-corrected chi connectivity index (χ3v) is 4.84. The molecule has 4 rings (SSSR count). The van der Waals surface area contributed by atoms with Crippen molar-refractivity contribution >= 4 is 29.9 Å². The molecule has 0 aliphatic carbocycles. The molecule has 1 aromatic rings. The number of rotatable bonds is 6. The largest absolute Gasteiger partial charge is 0.357 e. The van der Waals surface area contributed by atoms with Gasteiger partial charge in [0.1, 0.15) is 5.82 Å². The number of aliphatic imine (C=N–C) groups is 1.